The number of hydrogen-bond donors (Lipinski definition) is 1. The van der Waals surface area contributed by atoms with Crippen LogP contribution in [-0.4, -0.2) is 36.0 Å². The van der Waals surface area contributed by atoms with Crippen LogP contribution >= 0.6 is 11.6 Å². The molecule has 0 radical (unpaired) electrons. The van der Waals surface area contributed by atoms with Crippen LogP contribution in [0.3, 0.4) is 0 Å². The molecule has 0 saturated carbocycles. The molecule has 0 bridgehead atoms. The number of rotatable bonds is 8. The fraction of sp³-hybridized carbons (Fsp3) is 0.227. The van der Waals surface area contributed by atoms with Crippen molar-refractivity contribution < 1.29 is 23.4 Å². The maximum atomic E-state index is 13.2. The summed E-state index contributed by atoms with van der Waals surface area (Å²) in [4.78, 5) is 25.0. The summed E-state index contributed by atoms with van der Waals surface area (Å²) in [5.74, 6) is -0.0931. The van der Waals surface area contributed by atoms with E-state index < -0.39 is 23.4 Å². The molecule has 3 aromatic rings. The Bertz CT molecular complexity index is 1170. The molecule has 1 aromatic heterocycles. The molecule has 2 aromatic carbocycles. The topological polar surface area (TPSA) is 91.7 Å². The van der Waals surface area contributed by atoms with Crippen molar-refractivity contribution in [2.75, 3.05) is 19.5 Å². The molecule has 0 aliphatic rings. The van der Waals surface area contributed by atoms with Crippen molar-refractivity contribution in [3.05, 3.63) is 69.7 Å². The van der Waals surface area contributed by atoms with Crippen LogP contribution in [0.5, 0.6) is 17.4 Å². The zero-order chi connectivity index (χ0) is 23.3. The van der Waals surface area contributed by atoms with E-state index in [1.165, 1.54) is 56.7 Å². The van der Waals surface area contributed by atoms with Crippen molar-refractivity contribution in [1.82, 2.24) is 9.78 Å². The van der Waals surface area contributed by atoms with Gasteiger partial charge in [0, 0.05) is 18.2 Å². The monoisotopic (exact) mass is 461 g/mol. The van der Waals surface area contributed by atoms with E-state index in [1.807, 2.05) is 0 Å². The van der Waals surface area contributed by atoms with Gasteiger partial charge >= 0.3 is 0 Å². The third-order valence-electron chi connectivity index (χ3n) is 4.51. The molecule has 1 atom stereocenters. The van der Waals surface area contributed by atoms with Crippen molar-refractivity contribution in [3.63, 3.8) is 0 Å². The molecule has 1 N–H and O–H groups in total. The second-order valence-electron chi connectivity index (χ2n) is 6.59. The first-order chi connectivity index (χ1) is 15.4. The summed E-state index contributed by atoms with van der Waals surface area (Å²) in [7, 11) is 2.92. The second kappa shape index (κ2) is 10.1. The molecule has 10 heteroatoms. The maximum absolute atomic E-state index is 13.2. The molecule has 8 nitrogen and oxygen atoms in total. The van der Waals surface area contributed by atoms with Gasteiger partial charge in [-0.25, -0.2) is 4.39 Å². The van der Waals surface area contributed by atoms with E-state index in [0.29, 0.717) is 34.3 Å². The number of carbonyl (C=O) groups excluding carboxylic acids is 1. The minimum atomic E-state index is -0.924. The predicted octanol–water partition coefficient (Wildman–Crippen LogP) is 3.84. The highest BCUT2D eigenvalue weighted by molar-refractivity contribution is 6.32. The average Bonchev–Trinajstić information content (AvgIpc) is 2.79. The highest BCUT2D eigenvalue weighted by Gasteiger charge is 2.22. The lowest BCUT2D eigenvalue weighted by molar-refractivity contribution is -0.123. The Labute approximate surface area is 188 Å². The number of methoxy groups -OCH3 is 2. The Morgan fingerprint density at radius 1 is 1.12 bits per heavy atom. The van der Waals surface area contributed by atoms with E-state index in [1.54, 1.807) is 13.0 Å². The summed E-state index contributed by atoms with van der Waals surface area (Å²) in [5.41, 5.74) is 0.269. The smallest absolute Gasteiger partial charge is 0.271 e. The molecule has 1 amide bonds. The van der Waals surface area contributed by atoms with Crippen molar-refractivity contribution in [2.45, 2.75) is 19.4 Å². The number of hydrogen-bond acceptors (Lipinski definition) is 6. The molecular formula is C22H21ClFN3O5. The molecule has 0 spiro atoms. The van der Waals surface area contributed by atoms with Gasteiger partial charge in [-0.15, -0.1) is 5.10 Å². The first-order valence-electron chi connectivity index (χ1n) is 9.61. The van der Waals surface area contributed by atoms with Crippen LogP contribution < -0.4 is 25.1 Å². The Morgan fingerprint density at radius 2 is 1.81 bits per heavy atom. The summed E-state index contributed by atoms with van der Waals surface area (Å²) in [6, 6.07) is 10.9. The van der Waals surface area contributed by atoms with Crippen LogP contribution in [0.15, 0.2) is 53.3 Å². The van der Waals surface area contributed by atoms with Gasteiger partial charge in [0.05, 0.1) is 30.6 Å². The number of amides is 1. The highest BCUT2D eigenvalue weighted by atomic mass is 35.5. The molecule has 1 heterocycles. The summed E-state index contributed by atoms with van der Waals surface area (Å²) < 4.78 is 30.4. The number of halogens is 2. The van der Waals surface area contributed by atoms with Crippen LogP contribution in [0.4, 0.5) is 10.1 Å². The lowest BCUT2D eigenvalue weighted by Gasteiger charge is -2.19. The fourth-order valence-electron chi connectivity index (χ4n) is 2.86. The van der Waals surface area contributed by atoms with Crippen molar-refractivity contribution >= 4 is 23.2 Å². The number of anilines is 1. The van der Waals surface area contributed by atoms with Crippen molar-refractivity contribution in [3.8, 4) is 23.1 Å². The number of benzene rings is 2. The van der Waals surface area contributed by atoms with Crippen molar-refractivity contribution in [1.29, 1.82) is 0 Å². The van der Waals surface area contributed by atoms with E-state index in [-0.39, 0.29) is 5.88 Å². The molecule has 32 heavy (non-hydrogen) atoms. The molecule has 3 rings (SSSR count). The number of carbonyl (C=O) groups is 1. The summed E-state index contributed by atoms with van der Waals surface area (Å²) in [6.07, 6.45) is -0.609. The van der Waals surface area contributed by atoms with Crippen LogP contribution in [0.2, 0.25) is 5.02 Å². The van der Waals surface area contributed by atoms with Gasteiger partial charge in [0.2, 0.25) is 5.88 Å². The molecule has 0 fully saturated rings. The van der Waals surface area contributed by atoms with E-state index in [9.17, 15) is 14.0 Å². The first kappa shape index (κ1) is 23.1. The van der Waals surface area contributed by atoms with Crippen LogP contribution in [-0.2, 0) is 4.79 Å². The zero-order valence-corrected chi connectivity index (χ0v) is 18.4. The quantitative estimate of drug-likeness (QED) is 0.548. The van der Waals surface area contributed by atoms with E-state index in [0.717, 1.165) is 4.68 Å². The minimum absolute atomic E-state index is 0.0515. The third-order valence-corrected chi connectivity index (χ3v) is 4.80. The lowest BCUT2D eigenvalue weighted by atomic mass is 10.2. The van der Waals surface area contributed by atoms with Gasteiger partial charge in [-0.1, -0.05) is 18.5 Å². The van der Waals surface area contributed by atoms with Gasteiger partial charge in [0.15, 0.2) is 6.10 Å². The Balaban J connectivity index is 1.82. The normalized spacial score (nSPS) is 11.5. The highest BCUT2D eigenvalue weighted by Crippen LogP contribution is 2.36. The Hall–Kier alpha value is -3.59. The number of ether oxygens (including phenoxy) is 3. The van der Waals surface area contributed by atoms with Gasteiger partial charge in [0.25, 0.3) is 11.5 Å². The minimum Gasteiger partial charge on any atom is -0.495 e. The molecule has 0 aliphatic heterocycles. The summed E-state index contributed by atoms with van der Waals surface area (Å²) >= 11 is 6.16. The standard InChI is InChI=1S/C22H21ClFN3O5/c1-4-17(22(29)25-16-11-15(23)18(30-2)12-19(16)31-3)32-20-9-10-21(28)27(26-20)14-7-5-13(24)6-8-14/h5-12,17H,4H2,1-3H3,(H,25,29)/t17-/m0/s1. The Morgan fingerprint density at radius 3 is 2.44 bits per heavy atom. The van der Waals surface area contributed by atoms with E-state index in [4.69, 9.17) is 25.8 Å². The van der Waals surface area contributed by atoms with E-state index in [2.05, 4.69) is 10.4 Å². The van der Waals surface area contributed by atoms with Crippen LogP contribution in [0.25, 0.3) is 5.69 Å². The molecule has 0 unspecified atom stereocenters. The first-order valence-corrected chi connectivity index (χ1v) is 9.99. The van der Waals surface area contributed by atoms with Crippen molar-refractivity contribution in [2.24, 2.45) is 0 Å². The lowest BCUT2D eigenvalue weighted by Crippen LogP contribution is -2.33. The SMILES string of the molecule is CC[C@H](Oc1ccc(=O)n(-c2ccc(F)cc2)n1)C(=O)Nc1cc(Cl)c(OC)cc1OC. The maximum Gasteiger partial charge on any atom is 0.271 e. The van der Waals surface area contributed by atoms with Gasteiger partial charge in [-0.2, -0.15) is 4.68 Å². The second-order valence-corrected chi connectivity index (χ2v) is 7.00. The number of nitrogens with one attached hydrogen (secondary N) is 1. The van der Waals surface area contributed by atoms with Crippen LogP contribution in [0.1, 0.15) is 13.3 Å². The van der Waals surface area contributed by atoms with Gasteiger partial charge in [0.1, 0.15) is 17.3 Å². The summed E-state index contributed by atoms with van der Waals surface area (Å²) in [6.45, 7) is 1.76. The zero-order valence-electron chi connectivity index (χ0n) is 17.6. The van der Waals surface area contributed by atoms with Gasteiger partial charge in [-0.3, -0.25) is 9.59 Å². The van der Waals surface area contributed by atoms with E-state index >= 15 is 0 Å². The molecule has 0 saturated heterocycles. The summed E-state index contributed by atoms with van der Waals surface area (Å²) in [5, 5.41) is 7.16. The molecule has 0 aliphatic carbocycles. The largest absolute Gasteiger partial charge is 0.495 e. The van der Waals surface area contributed by atoms with Gasteiger partial charge < -0.3 is 19.5 Å². The molecule has 168 valence electrons. The Kier molecular flexibility index (Phi) is 7.32. The number of aromatic nitrogens is 2. The van der Waals surface area contributed by atoms with Crippen LogP contribution in [0, 0.1) is 5.82 Å². The third kappa shape index (κ3) is 5.17. The van der Waals surface area contributed by atoms with Gasteiger partial charge in [-0.05, 0) is 36.8 Å². The predicted molar refractivity (Wildman–Crippen MR) is 118 cm³/mol. The number of nitrogens with zero attached hydrogens (tertiary/aromatic N) is 2. The average molecular weight is 462 g/mol. The fourth-order valence-corrected chi connectivity index (χ4v) is 3.10. The molecular weight excluding hydrogens is 441 g/mol.